The Balaban J connectivity index is 1.54. The highest BCUT2D eigenvalue weighted by Crippen LogP contribution is 2.29. The van der Waals surface area contributed by atoms with Gasteiger partial charge in [-0.15, -0.1) is 0 Å². The van der Waals surface area contributed by atoms with Gasteiger partial charge in [-0.05, 0) is 55.3 Å². The maximum absolute atomic E-state index is 12.4. The molecule has 2 aromatic carbocycles. The second kappa shape index (κ2) is 9.67. The molecule has 0 saturated carbocycles. The van der Waals surface area contributed by atoms with Gasteiger partial charge in [0.2, 0.25) is 21.8 Å². The lowest BCUT2D eigenvalue weighted by Gasteiger charge is -2.29. The number of benzene rings is 2. The van der Waals surface area contributed by atoms with Gasteiger partial charge in [-0.1, -0.05) is 17.7 Å². The average molecular weight is 465 g/mol. The second-order valence-electron chi connectivity index (χ2n) is 7.38. The Morgan fingerprint density at radius 3 is 2.61 bits per heavy atom. The third-order valence-corrected chi connectivity index (χ3v) is 6.80. The van der Waals surface area contributed by atoms with Crippen LogP contribution in [0.15, 0.2) is 41.3 Å². The molecule has 0 spiro atoms. The minimum atomic E-state index is -3.69. The van der Waals surface area contributed by atoms with Crippen LogP contribution < -0.4 is 20.3 Å². The number of anilines is 2. The van der Waals surface area contributed by atoms with Crippen LogP contribution >= 0.6 is 11.6 Å². The molecule has 1 heterocycles. The fourth-order valence-corrected chi connectivity index (χ4v) is 4.59. The van der Waals surface area contributed by atoms with E-state index in [1.54, 1.807) is 36.4 Å². The van der Waals surface area contributed by atoms with Gasteiger partial charge in [-0.3, -0.25) is 9.59 Å². The van der Waals surface area contributed by atoms with Gasteiger partial charge in [0.25, 0.3) is 0 Å². The van der Waals surface area contributed by atoms with E-state index in [1.807, 2.05) is 18.7 Å². The molecule has 2 amide bonds. The van der Waals surface area contributed by atoms with E-state index in [0.29, 0.717) is 23.8 Å². The summed E-state index contributed by atoms with van der Waals surface area (Å²) in [6, 6.07) is 9.96. The van der Waals surface area contributed by atoms with Crippen LogP contribution in [0.25, 0.3) is 0 Å². The van der Waals surface area contributed by atoms with E-state index in [9.17, 15) is 18.0 Å². The minimum absolute atomic E-state index is 0.0319. The van der Waals surface area contributed by atoms with E-state index in [1.165, 1.54) is 0 Å². The number of carbonyl (C=O) groups is 2. The van der Waals surface area contributed by atoms with Crippen LogP contribution in [0.4, 0.5) is 11.4 Å². The van der Waals surface area contributed by atoms with Gasteiger partial charge in [0.15, 0.2) is 0 Å². The van der Waals surface area contributed by atoms with E-state index in [-0.39, 0.29) is 36.2 Å². The number of aryl methyl sites for hydroxylation is 2. The van der Waals surface area contributed by atoms with Crippen molar-refractivity contribution in [3.8, 4) is 0 Å². The van der Waals surface area contributed by atoms with Crippen LogP contribution in [0, 0.1) is 13.8 Å². The summed E-state index contributed by atoms with van der Waals surface area (Å²) in [4.78, 5) is 25.8. The van der Waals surface area contributed by atoms with Crippen molar-refractivity contribution >= 4 is 44.8 Å². The topological polar surface area (TPSA) is 108 Å². The monoisotopic (exact) mass is 464 g/mol. The van der Waals surface area contributed by atoms with Gasteiger partial charge < -0.3 is 15.5 Å². The molecule has 3 N–H and O–H groups in total. The maximum atomic E-state index is 12.4. The van der Waals surface area contributed by atoms with Crippen molar-refractivity contribution in [2.24, 2.45) is 0 Å². The Hall–Kier alpha value is -2.62. The number of carbonyl (C=O) groups excluding carboxylic acids is 2. The van der Waals surface area contributed by atoms with Crippen molar-refractivity contribution in [2.75, 3.05) is 36.4 Å². The molecule has 3 rings (SSSR count). The number of nitrogens with zero attached hydrogens (tertiary/aromatic N) is 1. The molecule has 0 aromatic heterocycles. The molecular weight excluding hydrogens is 440 g/mol. The van der Waals surface area contributed by atoms with E-state index in [0.717, 1.165) is 16.8 Å². The smallest absolute Gasteiger partial charge is 0.240 e. The standard InChI is InChI=1S/C21H25ClN4O4S/c1-14-3-5-17(11-15(14)2)31(29,30)24-8-7-20(27)25-16-4-6-19(18(22)12-16)26-10-9-23-21(28)13-26/h3-6,11-12,24H,7-10,13H2,1-2H3,(H,23,28)(H,25,27). The lowest BCUT2D eigenvalue weighted by molar-refractivity contribution is -0.120. The summed E-state index contributed by atoms with van der Waals surface area (Å²) >= 11 is 6.33. The maximum Gasteiger partial charge on any atom is 0.240 e. The summed E-state index contributed by atoms with van der Waals surface area (Å²) < 4.78 is 27.2. The average Bonchev–Trinajstić information content (AvgIpc) is 2.70. The fraction of sp³-hybridized carbons (Fsp3) is 0.333. The largest absolute Gasteiger partial charge is 0.359 e. The van der Waals surface area contributed by atoms with Crippen LogP contribution in [-0.2, 0) is 19.6 Å². The summed E-state index contributed by atoms with van der Waals surface area (Å²) in [6.07, 6.45) is -0.0320. The van der Waals surface area contributed by atoms with Gasteiger partial charge in [0.1, 0.15) is 0 Å². The zero-order valence-electron chi connectivity index (χ0n) is 17.4. The van der Waals surface area contributed by atoms with Crippen molar-refractivity contribution in [3.05, 3.63) is 52.5 Å². The van der Waals surface area contributed by atoms with Gasteiger partial charge in [0, 0.05) is 31.7 Å². The molecule has 166 valence electrons. The Bertz CT molecular complexity index is 1100. The summed E-state index contributed by atoms with van der Waals surface area (Å²) in [5.74, 6) is -0.410. The first-order chi connectivity index (χ1) is 14.7. The number of piperazine rings is 1. The third kappa shape index (κ3) is 5.96. The quantitative estimate of drug-likeness (QED) is 0.582. The van der Waals surface area contributed by atoms with Crippen LogP contribution in [0.5, 0.6) is 0 Å². The van der Waals surface area contributed by atoms with E-state index >= 15 is 0 Å². The summed E-state index contributed by atoms with van der Waals surface area (Å²) in [6.45, 7) is 5.15. The molecule has 0 unspecified atom stereocenters. The Morgan fingerprint density at radius 2 is 1.94 bits per heavy atom. The Labute approximate surface area is 187 Å². The minimum Gasteiger partial charge on any atom is -0.359 e. The zero-order chi connectivity index (χ0) is 22.6. The molecule has 0 atom stereocenters. The molecule has 1 aliphatic heterocycles. The first-order valence-corrected chi connectivity index (χ1v) is 11.7. The molecule has 31 heavy (non-hydrogen) atoms. The normalized spacial score (nSPS) is 14.3. The van der Waals surface area contributed by atoms with Crippen molar-refractivity contribution in [3.63, 3.8) is 0 Å². The summed E-state index contributed by atoms with van der Waals surface area (Å²) in [7, 11) is -3.69. The SMILES string of the molecule is Cc1ccc(S(=O)(=O)NCCC(=O)Nc2ccc(N3CCNC(=O)C3)c(Cl)c2)cc1C. The van der Waals surface area contributed by atoms with Crippen molar-refractivity contribution in [1.82, 2.24) is 10.0 Å². The lowest BCUT2D eigenvalue weighted by Crippen LogP contribution is -2.47. The number of hydrogen-bond acceptors (Lipinski definition) is 5. The number of nitrogens with one attached hydrogen (secondary N) is 3. The predicted molar refractivity (Wildman–Crippen MR) is 121 cm³/mol. The first kappa shape index (κ1) is 23.1. The molecule has 1 fully saturated rings. The van der Waals surface area contributed by atoms with Crippen molar-refractivity contribution < 1.29 is 18.0 Å². The van der Waals surface area contributed by atoms with E-state index in [4.69, 9.17) is 11.6 Å². The number of sulfonamides is 1. The molecular formula is C21H25ClN4O4S. The Kier molecular flexibility index (Phi) is 7.19. The number of hydrogen-bond donors (Lipinski definition) is 3. The molecule has 0 aliphatic carbocycles. The second-order valence-corrected chi connectivity index (χ2v) is 9.55. The molecule has 2 aromatic rings. The number of halogens is 1. The zero-order valence-corrected chi connectivity index (χ0v) is 18.9. The van der Waals surface area contributed by atoms with Crippen molar-refractivity contribution in [2.45, 2.75) is 25.2 Å². The van der Waals surface area contributed by atoms with Crippen LogP contribution in [0.3, 0.4) is 0 Å². The molecule has 8 nitrogen and oxygen atoms in total. The molecule has 10 heteroatoms. The summed E-state index contributed by atoms with van der Waals surface area (Å²) in [5, 5.41) is 5.88. The van der Waals surface area contributed by atoms with Crippen molar-refractivity contribution in [1.29, 1.82) is 0 Å². The molecule has 0 bridgehead atoms. The number of amides is 2. The van der Waals surface area contributed by atoms with Crippen LogP contribution in [0.2, 0.25) is 5.02 Å². The summed E-state index contributed by atoms with van der Waals surface area (Å²) in [5.41, 5.74) is 3.10. The van der Waals surface area contributed by atoms with Gasteiger partial charge in [0.05, 0.1) is 22.2 Å². The number of rotatable bonds is 7. The van der Waals surface area contributed by atoms with Gasteiger partial charge in [-0.25, -0.2) is 13.1 Å². The molecule has 0 radical (unpaired) electrons. The van der Waals surface area contributed by atoms with Gasteiger partial charge in [-0.2, -0.15) is 0 Å². The van der Waals surface area contributed by atoms with Crippen LogP contribution in [-0.4, -0.2) is 46.4 Å². The fourth-order valence-electron chi connectivity index (χ4n) is 3.17. The van der Waals surface area contributed by atoms with E-state index in [2.05, 4.69) is 15.4 Å². The predicted octanol–water partition coefficient (Wildman–Crippen LogP) is 2.20. The highest BCUT2D eigenvalue weighted by Gasteiger charge is 2.19. The van der Waals surface area contributed by atoms with E-state index < -0.39 is 10.0 Å². The molecule has 1 saturated heterocycles. The lowest BCUT2D eigenvalue weighted by atomic mass is 10.1. The van der Waals surface area contributed by atoms with Crippen LogP contribution in [0.1, 0.15) is 17.5 Å². The Morgan fingerprint density at radius 1 is 1.16 bits per heavy atom. The third-order valence-electron chi connectivity index (χ3n) is 5.04. The highest BCUT2D eigenvalue weighted by molar-refractivity contribution is 7.89. The van der Waals surface area contributed by atoms with Gasteiger partial charge >= 0.3 is 0 Å². The highest BCUT2D eigenvalue weighted by atomic mass is 35.5. The molecule has 1 aliphatic rings. The first-order valence-electron chi connectivity index (χ1n) is 9.84.